The van der Waals surface area contributed by atoms with E-state index >= 15 is 0 Å². The summed E-state index contributed by atoms with van der Waals surface area (Å²) < 4.78 is 1.38. The number of unbranched alkanes of at least 4 members (excludes halogenated alkanes) is 4. The smallest absolute Gasteiger partial charge is 0.303 e. The predicted molar refractivity (Wildman–Crippen MR) is 157 cm³/mol. The molecule has 0 radical (unpaired) electrons. The van der Waals surface area contributed by atoms with Crippen LogP contribution in [0.4, 0.5) is 0 Å². The van der Waals surface area contributed by atoms with E-state index in [0.717, 1.165) is 32.1 Å². The third-order valence-corrected chi connectivity index (χ3v) is 6.01. The molecule has 0 spiro atoms. The van der Waals surface area contributed by atoms with Gasteiger partial charge in [0.15, 0.2) is 0 Å². The van der Waals surface area contributed by atoms with Crippen LogP contribution < -0.4 is 0 Å². The monoisotopic (exact) mass is 490 g/mol. The Morgan fingerprint density at radius 3 is 1.26 bits per heavy atom. The summed E-state index contributed by atoms with van der Waals surface area (Å²) in [5.41, 5.74) is 0. The number of carboxylic acids is 1. The van der Waals surface area contributed by atoms with Gasteiger partial charge in [0, 0.05) is 6.42 Å². The summed E-state index contributed by atoms with van der Waals surface area (Å²) in [7, 11) is 0. The first kappa shape index (κ1) is 35.6. The first-order valence-electron chi connectivity index (χ1n) is 14.7. The van der Waals surface area contributed by atoms with Gasteiger partial charge in [-0.25, -0.2) is 0 Å². The van der Waals surface area contributed by atoms with Gasteiger partial charge >= 0.3 is 5.97 Å². The Hall–Kier alpha value is -1.61. The van der Waals surface area contributed by atoms with Crippen molar-refractivity contribution < 1.29 is 14.4 Å². The highest BCUT2D eigenvalue weighted by molar-refractivity contribution is 5.66. The second kappa shape index (κ2) is 28.6. The van der Waals surface area contributed by atoms with Crippen molar-refractivity contribution in [2.45, 2.75) is 125 Å². The molecule has 0 bridgehead atoms. The number of quaternary nitrogens is 1. The molecule has 0 unspecified atom stereocenters. The fraction of sp³-hybridized carbons (Fsp3) is 0.719. The molecular formula is C32H60NO2+. The maximum atomic E-state index is 10.3. The highest BCUT2D eigenvalue weighted by Gasteiger charge is 2.22. The van der Waals surface area contributed by atoms with Gasteiger partial charge in [-0.05, 0) is 70.6 Å². The average molecular weight is 491 g/mol. The summed E-state index contributed by atoms with van der Waals surface area (Å²) in [6.07, 6.45) is 32.7. The zero-order chi connectivity index (χ0) is 26.5. The van der Waals surface area contributed by atoms with Gasteiger partial charge in [-0.15, -0.1) is 0 Å². The molecule has 0 saturated heterocycles. The quantitative estimate of drug-likeness (QED) is 0.0931. The molecule has 0 aromatic heterocycles. The molecule has 1 N–H and O–H groups in total. The van der Waals surface area contributed by atoms with Crippen LogP contribution in [0.3, 0.4) is 0 Å². The van der Waals surface area contributed by atoms with E-state index < -0.39 is 5.97 Å². The van der Waals surface area contributed by atoms with Gasteiger partial charge in [0.2, 0.25) is 0 Å². The van der Waals surface area contributed by atoms with E-state index in [9.17, 15) is 4.79 Å². The van der Waals surface area contributed by atoms with Crippen molar-refractivity contribution in [3.05, 3.63) is 48.6 Å². The summed E-state index contributed by atoms with van der Waals surface area (Å²) in [6.45, 7) is 17.0. The van der Waals surface area contributed by atoms with Gasteiger partial charge in [-0.3, -0.25) is 4.79 Å². The number of hydrogen-bond acceptors (Lipinski definition) is 1. The molecule has 0 saturated carbocycles. The number of aliphatic carboxylic acids is 1. The molecule has 0 aliphatic heterocycles. The van der Waals surface area contributed by atoms with E-state index in [0.29, 0.717) is 0 Å². The number of carboxylic acid groups (broad SMARTS) is 1. The number of rotatable bonds is 22. The first-order chi connectivity index (χ1) is 17.0. The topological polar surface area (TPSA) is 37.3 Å². The van der Waals surface area contributed by atoms with Gasteiger partial charge in [0.1, 0.15) is 0 Å². The SMILES string of the molecule is CCCCCC=CCC=CCC=CCC=CCCCC(=O)O.CCC[N+](CCC)(CCC)CCC. The maximum absolute atomic E-state index is 10.3. The lowest BCUT2D eigenvalue weighted by Gasteiger charge is -2.38. The number of hydrogen-bond donors (Lipinski definition) is 1. The van der Waals surface area contributed by atoms with Crippen LogP contribution in [0.1, 0.15) is 125 Å². The molecule has 3 nitrogen and oxygen atoms in total. The van der Waals surface area contributed by atoms with Crippen molar-refractivity contribution in [1.29, 1.82) is 0 Å². The zero-order valence-corrected chi connectivity index (χ0v) is 24.1. The van der Waals surface area contributed by atoms with Crippen molar-refractivity contribution in [2.75, 3.05) is 26.2 Å². The summed E-state index contributed by atoms with van der Waals surface area (Å²) in [5, 5.41) is 8.49. The average Bonchev–Trinajstić information content (AvgIpc) is 2.82. The molecule has 204 valence electrons. The molecule has 0 aromatic carbocycles. The Morgan fingerprint density at radius 2 is 0.914 bits per heavy atom. The van der Waals surface area contributed by atoms with Crippen LogP contribution in [0.5, 0.6) is 0 Å². The van der Waals surface area contributed by atoms with E-state index in [1.165, 1.54) is 82.0 Å². The van der Waals surface area contributed by atoms with Crippen LogP contribution in [-0.2, 0) is 4.79 Å². The van der Waals surface area contributed by atoms with Crippen LogP contribution >= 0.6 is 0 Å². The first-order valence-corrected chi connectivity index (χ1v) is 14.7. The molecule has 35 heavy (non-hydrogen) atoms. The molecule has 0 amide bonds. The molecule has 0 rings (SSSR count). The van der Waals surface area contributed by atoms with Gasteiger partial charge < -0.3 is 9.59 Å². The standard InChI is InChI=1S/C20H32O2.C12H28N/c1-2-3-4-5-6-7-8-9-10-11-12-13-14-15-16-17-18-19-20(21)22;1-5-9-13(10-6-2,11-7-3)12-8-4/h6-7,9-10,12-13,15-16H,2-5,8,11,14,17-19H2,1H3,(H,21,22);5-12H2,1-4H3/q;+1. The minimum Gasteiger partial charge on any atom is -0.481 e. The minimum absolute atomic E-state index is 0.262. The van der Waals surface area contributed by atoms with Crippen LogP contribution in [0.2, 0.25) is 0 Å². The summed E-state index contributed by atoms with van der Waals surface area (Å²) in [4.78, 5) is 10.3. The highest BCUT2D eigenvalue weighted by atomic mass is 16.4. The second-order valence-electron chi connectivity index (χ2n) is 9.61. The van der Waals surface area contributed by atoms with Crippen LogP contribution in [0.15, 0.2) is 48.6 Å². The van der Waals surface area contributed by atoms with Crippen molar-refractivity contribution in [3.8, 4) is 0 Å². The van der Waals surface area contributed by atoms with Crippen LogP contribution in [-0.4, -0.2) is 41.7 Å². The lowest BCUT2D eigenvalue weighted by atomic mass is 10.2. The maximum Gasteiger partial charge on any atom is 0.303 e. The minimum atomic E-state index is -0.712. The molecule has 0 aromatic rings. The number of carbonyl (C=O) groups is 1. The third kappa shape index (κ3) is 26.8. The van der Waals surface area contributed by atoms with Crippen LogP contribution in [0, 0.1) is 0 Å². The van der Waals surface area contributed by atoms with E-state index in [-0.39, 0.29) is 6.42 Å². The Labute approximate surface area is 219 Å². The van der Waals surface area contributed by atoms with E-state index in [4.69, 9.17) is 5.11 Å². The predicted octanol–water partition coefficient (Wildman–Crippen LogP) is 9.66. The lowest BCUT2D eigenvalue weighted by molar-refractivity contribution is -0.928. The van der Waals surface area contributed by atoms with E-state index in [1.807, 2.05) is 0 Å². The van der Waals surface area contributed by atoms with Gasteiger partial charge in [-0.2, -0.15) is 0 Å². The number of allylic oxidation sites excluding steroid dienone is 8. The van der Waals surface area contributed by atoms with Crippen LogP contribution in [0.25, 0.3) is 0 Å². The fourth-order valence-corrected chi connectivity index (χ4v) is 4.50. The van der Waals surface area contributed by atoms with Crippen molar-refractivity contribution in [2.24, 2.45) is 0 Å². The molecular weight excluding hydrogens is 430 g/mol. The Balaban J connectivity index is 0. The molecule has 0 atom stereocenters. The summed E-state index contributed by atoms with van der Waals surface area (Å²) >= 11 is 0. The summed E-state index contributed by atoms with van der Waals surface area (Å²) in [5.74, 6) is -0.712. The molecule has 0 fully saturated rings. The zero-order valence-electron chi connectivity index (χ0n) is 24.1. The molecule has 0 heterocycles. The molecule has 3 heteroatoms. The van der Waals surface area contributed by atoms with Crippen molar-refractivity contribution in [1.82, 2.24) is 0 Å². The Morgan fingerprint density at radius 1 is 0.543 bits per heavy atom. The van der Waals surface area contributed by atoms with Gasteiger partial charge in [0.25, 0.3) is 0 Å². The Kier molecular flexibility index (Phi) is 29.1. The molecule has 0 aliphatic rings. The van der Waals surface area contributed by atoms with Gasteiger partial charge in [-0.1, -0.05) is 96.1 Å². The van der Waals surface area contributed by atoms with Gasteiger partial charge in [0.05, 0.1) is 26.2 Å². The summed E-state index contributed by atoms with van der Waals surface area (Å²) in [6, 6.07) is 0. The Bertz CT molecular complexity index is 530. The largest absolute Gasteiger partial charge is 0.481 e. The van der Waals surface area contributed by atoms with Crippen molar-refractivity contribution in [3.63, 3.8) is 0 Å². The lowest BCUT2D eigenvalue weighted by Crippen LogP contribution is -2.50. The van der Waals surface area contributed by atoms with E-state index in [1.54, 1.807) is 0 Å². The van der Waals surface area contributed by atoms with Crippen molar-refractivity contribution >= 4 is 5.97 Å². The fourth-order valence-electron chi connectivity index (χ4n) is 4.50. The highest BCUT2D eigenvalue weighted by Crippen LogP contribution is 2.12. The third-order valence-electron chi connectivity index (χ3n) is 6.01. The number of nitrogens with zero attached hydrogens (tertiary/aromatic N) is 1. The second-order valence-corrected chi connectivity index (χ2v) is 9.61. The normalized spacial score (nSPS) is 12.3. The van der Waals surface area contributed by atoms with E-state index in [2.05, 4.69) is 83.2 Å². The molecule has 0 aliphatic carbocycles.